The standard InChI is InChI=1S/C9H15N3S/c1-7(12-9(10)11-2)6-8-4-3-5-13-8/h3-5,7H,6H2,1-2H3,(H3,10,11,12). The Morgan fingerprint density at radius 2 is 2.54 bits per heavy atom. The molecular formula is C9H15N3S. The fourth-order valence-electron chi connectivity index (χ4n) is 1.10. The molecule has 0 spiro atoms. The Kier molecular flexibility index (Phi) is 3.76. The average Bonchev–Trinajstić information content (AvgIpc) is 2.56. The Morgan fingerprint density at radius 1 is 1.77 bits per heavy atom. The number of thiophene rings is 1. The third-order valence-corrected chi connectivity index (χ3v) is 2.62. The lowest BCUT2D eigenvalue weighted by atomic mass is 10.2. The van der Waals surface area contributed by atoms with Gasteiger partial charge in [-0.1, -0.05) is 6.07 Å². The molecule has 0 aliphatic heterocycles. The van der Waals surface area contributed by atoms with Gasteiger partial charge in [-0.25, -0.2) is 0 Å². The summed E-state index contributed by atoms with van der Waals surface area (Å²) in [7, 11) is 1.68. The minimum Gasteiger partial charge on any atom is -0.370 e. The summed E-state index contributed by atoms with van der Waals surface area (Å²) in [6.07, 6.45) is 0.994. The minimum atomic E-state index is 0.336. The molecular weight excluding hydrogens is 182 g/mol. The zero-order valence-electron chi connectivity index (χ0n) is 7.95. The summed E-state index contributed by atoms with van der Waals surface area (Å²) in [5.74, 6) is 0.504. The molecule has 1 aromatic heterocycles. The third kappa shape index (κ3) is 3.46. The Bertz CT molecular complexity index is 266. The van der Waals surface area contributed by atoms with E-state index in [-0.39, 0.29) is 0 Å². The molecule has 0 bridgehead atoms. The maximum absolute atomic E-state index is 5.55. The van der Waals surface area contributed by atoms with Crippen molar-refractivity contribution in [3.63, 3.8) is 0 Å². The van der Waals surface area contributed by atoms with Gasteiger partial charge < -0.3 is 11.1 Å². The van der Waals surface area contributed by atoms with Crippen molar-refractivity contribution in [2.24, 2.45) is 10.7 Å². The highest BCUT2D eigenvalue weighted by atomic mass is 32.1. The average molecular weight is 197 g/mol. The van der Waals surface area contributed by atoms with Crippen LogP contribution in [0.15, 0.2) is 22.5 Å². The molecule has 0 aliphatic rings. The molecule has 0 fully saturated rings. The molecule has 0 aliphatic carbocycles. The number of hydrogen-bond donors (Lipinski definition) is 2. The van der Waals surface area contributed by atoms with Gasteiger partial charge in [0.1, 0.15) is 0 Å². The molecule has 1 aromatic rings. The van der Waals surface area contributed by atoms with Crippen LogP contribution in [0.4, 0.5) is 0 Å². The highest BCUT2D eigenvalue weighted by molar-refractivity contribution is 7.09. The number of guanidine groups is 1. The van der Waals surface area contributed by atoms with Gasteiger partial charge in [-0.3, -0.25) is 4.99 Å². The maximum atomic E-state index is 5.55. The normalized spacial score (nSPS) is 14.2. The molecule has 1 atom stereocenters. The first-order valence-corrected chi connectivity index (χ1v) is 5.11. The zero-order chi connectivity index (χ0) is 9.68. The Balaban J connectivity index is 2.38. The molecule has 0 saturated heterocycles. The molecule has 0 saturated carbocycles. The number of rotatable bonds is 3. The number of nitrogens with two attached hydrogens (primary N) is 1. The van der Waals surface area contributed by atoms with Crippen LogP contribution in [0.1, 0.15) is 11.8 Å². The molecule has 3 N–H and O–H groups in total. The van der Waals surface area contributed by atoms with E-state index in [9.17, 15) is 0 Å². The van der Waals surface area contributed by atoms with Crippen molar-refractivity contribution in [1.82, 2.24) is 5.32 Å². The van der Waals surface area contributed by atoms with Gasteiger partial charge in [-0.15, -0.1) is 11.3 Å². The minimum absolute atomic E-state index is 0.336. The predicted octanol–water partition coefficient (Wildman–Crippen LogP) is 1.21. The van der Waals surface area contributed by atoms with Crippen molar-refractivity contribution in [2.75, 3.05) is 7.05 Å². The largest absolute Gasteiger partial charge is 0.370 e. The number of nitrogens with zero attached hydrogens (tertiary/aromatic N) is 1. The van der Waals surface area contributed by atoms with Crippen LogP contribution in [-0.4, -0.2) is 19.0 Å². The Labute approximate surface area is 82.7 Å². The van der Waals surface area contributed by atoms with Crippen LogP contribution in [0.2, 0.25) is 0 Å². The summed E-state index contributed by atoms with van der Waals surface area (Å²) in [4.78, 5) is 5.21. The van der Waals surface area contributed by atoms with Gasteiger partial charge in [0.2, 0.25) is 0 Å². The summed E-state index contributed by atoms with van der Waals surface area (Å²) in [6, 6.07) is 4.52. The summed E-state index contributed by atoms with van der Waals surface area (Å²) < 4.78 is 0. The maximum Gasteiger partial charge on any atom is 0.188 e. The zero-order valence-corrected chi connectivity index (χ0v) is 8.77. The second kappa shape index (κ2) is 4.87. The summed E-state index contributed by atoms with van der Waals surface area (Å²) in [5.41, 5.74) is 5.55. The SMILES string of the molecule is CN=C(N)NC(C)Cc1cccs1. The summed E-state index contributed by atoms with van der Waals surface area (Å²) >= 11 is 1.77. The lowest BCUT2D eigenvalue weighted by Gasteiger charge is -2.12. The van der Waals surface area contributed by atoms with Crippen LogP contribution < -0.4 is 11.1 Å². The van der Waals surface area contributed by atoms with Gasteiger partial charge >= 0.3 is 0 Å². The Morgan fingerprint density at radius 3 is 3.08 bits per heavy atom. The number of hydrogen-bond acceptors (Lipinski definition) is 2. The van der Waals surface area contributed by atoms with E-state index in [0.29, 0.717) is 12.0 Å². The van der Waals surface area contributed by atoms with Crippen molar-refractivity contribution >= 4 is 17.3 Å². The number of aliphatic imine (C=N–C) groups is 1. The molecule has 4 heteroatoms. The van der Waals surface area contributed by atoms with Gasteiger partial charge in [0.15, 0.2) is 5.96 Å². The highest BCUT2D eigenvalue weighted by Gasteiger charge is 2.03. The third-order valence-electron chi connectivity index (χ3n) is 1.72. The molecule has 1 heterocycles. The summed E-state index contributed by atoms with van der Waals surface area (Å²) in [5, 5.41) is 5.18. The second-order valence-corrected chi connectivity index (χ2v) is 3.97. The van der Waals surface area contributed by atoms with E-state index in [4.69, 9.17) is 5.73 Å². The molecule has 1 rings (SSSR count). The predicted molar refractivity (Wildman–Crippen MR) is 58.2 cm³/mol. The fourth-order valence-corrected chi connectivity index (χ4v) is 1.93. The molecule has 72 valence electrons. The second-order valence-electron chi connectivity index (χ2n) is 2.94. The van der Waals surface area contributed by atoms with E-state index >= 15 is 0 Å². The first kappa shape index (κ1) is 10.1. The van der Waals surface area contributed by atoms with Crippen molar-refractivity contribution in [1.29, 1.82) is 0 Å². The number of nitrogens with one attached hydrogen (secondary N) is 1. The van der Waals surface area contributed by atoms with E-state index in [1.807, 2.05) is 0 Å². The van der Waals surface area contributed by atoms with Gasteiger partial charge in [-0.2, -0.15) is 0 Å². The van der Waals surface area contributed by atoms with Gasteiger partial charge in [-0.05, 0) is 18.4 Å². The van der Waals surface area contributed by atoms with E-state index in [1.165, 1.54) is 4.88 Å². The van der Waals surface area contributed by atoms with Crippen molar-refractivity contribution in [3.8, 4) is 0 Å². The van der Waals surface area contributed by atoms with Gasteiger partial charge in [0, 0.05) is 24.4 Å². The Hall–Kier alpha value is -1.03. The quantitative estimate of drug-likeness (QED) is 0.565. The van der Waals surface area contributed by atoms with E-state index < -0.39 is 0 Å². The van der Waals surface area contributed by atoms with Gasteiger partial charge in [0.05, 0.1) is 0 Å². The van der Waals surface area contributed by atoms with Crippen molar-refractivity contribution in [3.05, 3.63) is 22.4 Å². The smallest absolute Gasteiger partial charge is 0.188 e. The van der Waals surface area contributed by atoms with Gasteiger partial charge in [0.25, 0.3) is 0 Å². The molecule has 3 nitrogen and oxygen atoms in total. The van der Waals surface area contributed by atoms with E-state index in [2.05, 4.69) is 34.7 Å². The molecule has 0 radical (unpaired) electrons. The van der Waals surface area contributed by atoms with Crippen LogP contribution in [0.3, 0.4) is 0 Å². The monoisotopic (exact) mass is 197 g/mol. The van der Waals surface area contributed by atoms with E-state index in [0.717, 1.165) is 6.42 Å². The van der Waals surface area contributed by atoms with Crippen LogP contribution >= 0.6 is 11.3 Å². The van der Waals surface area contributed by atoms with Crippen LogP contribution in [-0.2, 0) is 6.42 Å². The van der Waals surface area contributed by atoms with Crippen LogP contribution in [0.5, 0.6) is 0 Å². The molecule has 13 heavy (non-hydrogen) atoms. The molecule has 1 unspecified atom stereocenters. The lowest BCUT2D eigenvalue weighted by Crippen LogP contribution is -2.39. The first-order chi connectivity index (χ1) is 6.22. The van der Waals surface area contributed by atoms with Crippen molar-refractivity contribution < 1.29 is 0 Å². The van der Waals surface area contributed by atoms with E-state index in [1.54, 1.807) is 18.4 Å². The fraction of sp³-hybridized carbons (Fsp3) is 0.444. The molecule has 0 amide bonds. The lowest BCUT2D eigenvalue weighted by molar-refractivity contribution is 0.662. The molecule has 0 aromatic carbocycles. The first-order valence-electron chi connectivity index (χ1n) is 4.23. The summed E-state index contributed by atoms with van der Waals surface area (Å²) in [6.45, 7) is 2.10. The van der Waals surface area contributed by atoms with Crippen LogP contribution in [0, 0.1) is 0 Å². The highest BCUT2D eigenvalue weighted by Crippen LogP contribution is 2.10. The van der Waals surface area contributed by atoms with Crippen molar-refractivity contribution in [2.45, 2.75) is 19.4 Å². The topological polar surface area (TPSA) is 50.4 Å². The van der Waals surface area contributed by atoms with Crippen LogP contribution in [0.25, 0.3) is 0 Å².